The van der Waals surface area contributed by atoms with Crippen LogP contribution in [0.15, 0.2) is 66.1 Å². The molecule has 4 nitrogen and oxygen atoms in total. The Balaban J connectivity index is 2.23. The number of carbonyl (C=O) groups excluding carboxylic acids is 1. The molecule has 0 saturated carbocycles. The lowest BCUT2D eigenvalue weighted by Crippen LogP contribution is -2.11. The van der Waals surface area contributed by atoms with Crippen LogP contribution in [0.5, 0.6) is 0 Å². The van der Waals surface area contributed by atoms with Crippen molar-refractivity contribution < 1.29 is 15.1 Å². The van der Waals surface area contributed by atoms with Crippen molar-refractivity contribution in [2.45, 2.75) is 0 Å². The molecule has 0 aliphatic heterocycles. The fourth-order valence-electron chi connectivity index (χ4n) is 1.42. The van der Waals surface area contributed by atoms with Gasteiger partial charge in [0.05, 0.1) is 5.69 Å². The predicted molar refractivity (Wildman–Crippen MR) is 63.6 cm³/mol. The fraction of sp³-hybridized carbons (Fsp3) is 0. The average Bonchev–Trinajstić information content (AvgIpc) is 2.34. The van der Waals surface area contributed by atoms with Crippen molar-refractivity contribution in [1.29, 1.82) is 0 Å². The van der Waals surface area contributed by atoms with E-state index in [2.05, 4.69) is 0 Å². The molecule has 0 aromatic heterocycles. The molecule has 0 saturated heterocycles. The van der Waals surface area contributed by atoms with E-state index in [4.69, 9.17) is 0 Å². The molecule has 0 fully saturated rings. The van der Waals surface area contributed by atoms with E-state index in [9.17, 15) is 15.1 Å². The predicted octanol–water partition coefficient (Wildman–Crippen LogP) is 2.35. The van der Waals surface area contributed by atoms with Gasteiger partial charge in [0.1, 0.15) is 5.76 Å². The molecule has 0 unspecified atom stereocenters. The van der Waals surface area contributed by atoms with E-state index < -0.39 is 0 Å². The number of aliphatic hydroxyl groups excluding tert-OH is 1. The van der Waals surface area contributed by atoms with Crippen molar-refractivity contribution >= 4 is 11.5 Å². The Morgan fingerprint density at radius 1 is 1.12 bits per heavy atom. The molecule has 1 aromatic carbocycles. The quantitative estimate of drug-likeness (QED) is 0.764. The highest BCUT2D eigenvalue weighted by molar-refractivity contribution is 6.01. The Hall–Kier alpha value is -2.33. The lowest BCUT2D eigenvalue weighted by molar-refractivity contribution is -0.110. The number of ketones is 1. The Labute approximate surface area is 98.4 Å². The van der Waals surface area contributed by atoms with Gasteiger partial charge in [0.25, 0.3) is 0 Å². The highest BCUT2D eigenvalue weighted by atomic mass is 16.5. The summed E-state index contributed by atoms with van der Waals surface area (Å²) in [6.45, 7) is 0. The Kier molecular flexibility index (Phi) is 3.07. The first-order chi connectivity index (χ1) is 8.16. The van der Waals surface area contributed by atoms with Crippen LogP contribution in [0.3, 0.4) is 0 Å². The van der Waals surface area contributed by atoms with Gasteiger partial charge in [-0.2, -0.15) is 0 Å². The molecule has 86 valence electrons. The van der Waals surface area contributed by atoms with Gasteiger partial charge in [-0.05, 0) is 24.3 Å². The van der Waals surface area contributed by atoms with Crippen molar-refractivity contribution in [3.05, 3.63) is 66.1 Å². The number of para-hydroxylation sites is 1. The molecular formula is C13H11NO3. The Morgan fingerprint density at radius 3 is 2.47 bits per heavy atom. The third kappa shape index (κ3) is 2.62. The van der Waals surface area contributed by atoms with Gasteiger partial charge >= 0.3 is 0 Å². The van der Waals surface area contributed by atoms with Gasteiger partial charge in [-0.1, -0.05) is 18.2 Å². The van der Waals surface area contributed by atoms with E-state index in [-0.39, 0.29) is 11.5 Å². The highest BCUT2D eigenvalue weighted by Gasteiger charge is 2.10. The lowest BCUT2D eigenvalue weighted by Gasteiger charge is -2.14. The zero-order valence-electron chi connectivity index (χ0n) is 8.95. The van der Waals surface area contributed by atoms with Gasteiger partial charge in [-0.25, -0.2) is 5.06 Å². The zero-order chi connectivity index (χ0) is 12.3. The molecule has 0 heterocycles. The third-order valence-corrected chi connectivity index (χ3v) is 2.28. The van der Waals surface area contributed by atoms with Gasteiger partial charge in [-0.15, -0.1) is 0 Å². The normalized spacial score (nSPS) is 17.1. The molecule has 17 heavy (non-hydrogen) atoms. The average molecular weight is 229 g/mol. The number of carbonyl (C=O) groups is 1. The number of rotatable bonds is 2. The second kappa shape index (κ2) is 4.67. The maximum Gasteiger partial charge on any atom is 0.182 e. The van der Waals surface area contributed by atoms with Crippen LogP contribution in [-0.4, -0.2) is 16.1 Å². The van der Waals surface area contributed by atoms with Gasteiger partial charge in [0, 0.05) is 17.8 Å². The summed E-state index contributed by atoms with van der Waals surface area (Å²) < 4.78 is 0. The molecule has 0 amide bonds. The van der Waals surface area contributed by atoms with E-state index in [0.29, 0.717) is 11.3 Å². The van der Waals surface area contributed by atoms with Gasteiger partial charge in [0.2, 0.25) is 0 Å². The largest absolute Gasteiger partial charge is 0.507 e. The highest BCUT2D eigenvalue weighted by Crippen LogP contribution is 2.18. The molecule has 0 radical (unpaired) electrons. The number of anilines is 1. The first-order valence-electron chi connectivity index (χ1n) is 5.05. The molecule has 1 aromatic rings. The summed E-state index contributed by atoms with van der Waals surface area (Å²) in [7, 11) is 0. The summed E-state index contributed by atoms with van der Waals surface area (Å²) in [5, 5.41) is 20.2. The zero-order valence-corrected chi connectivity index (χ0v) is 8.95. The minimum atomic E-state index is -0.274. The first kappa shape index (κ1) is 11.2. The molecule has 0 atom stereocenters. The number of aliphatic hydroxyl groups is 1. The summed E-state index contributed by atoms with van der Waals surface area (Å²) in [6, 6.07) is 8.84. The molecule has 0 spiro atoms. The summed E-state index contributed by atoms with van der Waals surface area (Å²) in [6.07, 6.45) is 5.21. The smallest absolute Gasteiger partial charge is 0.182 e. The monoisotopic (exact) mass is 229 g/mol. The second-order valence-corrected chi connectivity index (χ2v) is 3.53. The topological polar surface area (TPSA) is 60.8 Å². The molecular weight excluding hydrogens is 218 g/mol. The van der Waals surface area contributed by atoms with E-state index in [1.165, 1.54) is 18.4 Å². The number of hydrogen-bond acceptors (Lipinski definition) is 4. The molecule has 1 aliphatic rings. The number of hydrogen-bond donors (Lipinski definition) is 2. The first-order valence-corrected chi connectivity index (χ1v) is 5.05. The van der Waals surface area contributed by atoms with Crippen LogP contribution in [0, 0.1) is 0 Å². The van der Waals surface area contributed by atoms with Crippen molar-refractivity contribution in [3.8, 4) is 0 Å². The van der Waals surface area contributed by atoms with Crippen LogP contribution in [0.25, 0.3) is 0 Å². The maximum absolute atomic E-state index is 10.9. The van der Waals surface area contributed by atoms with Crippen molar-refractivity contribution in [2.75, 3.05) is 5.06 Å². The van der Waals surface area contributed by atoms with E-state index in [1.807, 2.05) is 6.07 Å². The van der Waals surface area contributed by atoms with Crippen molar-refractivity contribution in [1.82, 2.24) is 0 Å². The van der Waals surface area contributed by atoms with E-state index >= 15 is 0 Å². The standard InChI is InChI=1S/C13H11NO3/c15-12-7-6-10(13(16)8-12)9-14(17)11-4-2-1-3-5-11/h1-9,16-17H/b10-9+. The fourth-order valence-corrected chi connectivity index (χ4v) is 1.42. The minimum absolute atomic E-state index is 0.160. The van der Waals surface area contributed by atoms with Gasteiger partial charge < -0.3 is 5.11 Å². The number of hydroxylamine groups is 1. The Morgan fingerprint density at radius 2 is 1.82 bits per heavy atom. The molecule has 2 rings (SSSR count). The van der Waals surface area contributed by atoms with Crippen molar-refractivity contribution in [2.24, 2.45) is 0 Å². The number of benzene rings is 1. The van der Waals surface area contributed by atoms with Crippen LogP contribution in [0.2, 0.25) is 0 Å². The number of nitrogens with zero attached hydrogens (tertiary/aromatic N) is 1. The Bertz CT molecular complexity index is 515. The summed E-state index contributed by atoms with van der Waals surface area (Å²) in [5.74, 6) is -0.434. The van der Waals surface area contributed by atoms with Crippen LogP contribution >= 0.6 is 0 Å². The molecule has 2 N–H and O–H groups in total. The number of allylic oxidation sites excluding steroid dienone is 3. The lowest BCUT2D eigenvalue weighted by atomic mass is 10.1. The van der Waals surface area contributed by atoms with E-state index in [0.717, 1.165) is 11.1 Å². The van der Waals surface area contributed by atoms with Crippen LogP contribution in [-0.2, 0) is 4.79 Å². The molecule has 4 heteroatoms. The van der Waals surface area contributed by atoms with Crippen LogP contribution < -0.4 is 5.06 Å². The molecule has 1 aliphatic carbocycles. The van der Waals surface area contributed by atoms with Gasteiger partial charge in [0.15, 0.2) is 5.78 Å². The van der Waals surface area contributed by atoms with E-state index in [1.54, 1.807) is 24.3 Å². The third-order valence-electron chi connectivity index (χ3n) is 2.28. The summed E-state index contributed by atoms with van der Waals surface area (Å²) >= 11 is 0. The SMILES string of the molecule is O=C1C=C/C(=C\N(O)c2ccccc2)C(O)=C1. The summed E-state index contributed by atoms with van der Waals surface area (Å²) in [4.78, 5) is 10.9. The minimum Gasteiger partial charge on any atom is -0.507 e. The van der Waals surface area contributed by atoms with Crippen LogP contribution in [0.1, 0.15) is 0 Å². The second-order valence-electron chi connectivity index (χ2n) is 3.53. The van der Waals surface area contributed by atoms with Gasteiger partial charge in [-0.3, -0.25) is 10.0 Å². The van der Waals surface area contributed by atoms with Crippen LogP contribution in [0.4, 0.5) is 5.69 Å². The maximum atomic E-state index is 10.9. The van der Waals surface area contributed by atoms with Crippen molar-refractivity contribution in [3.63, 3.8) is 0 Å². The summed E-state index contributed by atoms with van der Waals surface area (Å²) in [5.41, 5.74) is 0.939. The molecule has 0 bridgehead atoms.